The lowest BCUT2D eigenvalue weighted by Gasteiger charge is -2.21. The van der Waals surface area contributed by atoms with Crippen molar-refractivity contribution in [2.45, 2.75) is 33.2 Å². The van der Waals surface area contributed by atoms with Crippen LogP contribution in [0.25, 0.3) is 0 Å². The Kier molecular flexibility index (Phi) is 5.89. The molecular weight excluding hydrogens is 262 g/mol. The molecule has 110 valence electrons. The average molecular weight is 281 g/mol. The lowest BCUT2D eigenvalue weighted by molar-refractivity contribution is -0.385. The number of pyridine rings is 1. The van der Waals surface area contributed by atoms with Crippen LogP contribution in [0.4, 0.5) is 5.69 Å². The molecule has 0 atom stereocenters. The van der Waals surface area contributed by atoms with E-state index in [9.17, 15) is 19.7 Å². The average Bonchev–Trinajstić information content (AvgIpc) is 2.40. The standard InChI is InChI=1S/C13H19N3O4/c1-3-7-14(8-4-2)13(18)10-15-9-11(16(19)20)5-6-12(15)17/h5-6,9H,3-4,7-8,10H2,1-2H3. The molecule has 0 unspecified atom stereocenters. The Morgan fingerprint density at radius 3 is 2.40 bits per heavy atom. The predicted octanol–water partition coefficient (Wildman–Crippen LogP) is 1.41. The Morgan fingerprint density at radius 1 is 1.30 bits per heavy atom. The summed E-state index contributed by atoms with van der Waals surface area (Å²) in [5.41, 5.74) is -0.619. The van der Waals surface area contributed by atoms with E-state index < -0.39 is 10.5 Å². The zero-order valence-corrected chi connectivity index (χ0v) is 11.7. The number of rotatable bonds is 7. The molecule has 0 saturated carbocycles. The smallest absolute Gasteiger partial charge is 0.285 e. The van der Waals surface area contributed by atoms with Crippen molar-refractivity contribution in [3.8, 4) is 0 Å². The summed E-state index contributed by atoms with van der Waals surface area (Å²) in [6.07, 6.45) is 2.77. The first-order chi connectivity index (χ1) is 9.49. The van der Waals surface area contributed by atoms with Crippen molar-refractivity contribution in [2.75, 3.05) is 13.1 Å². The number of carbonyl (C=O) groups excluding carboxylic acids is 1. The highest BCUT2D eigenvalue weighted by Gasteiger charge is 2.15. The van der Waals surface area contributed by atoms with Crippen LogP contribution in [-0.4, -0.2) is 33.4 Å². The van der Waals surface area contributed by atoms with Gasteiger partial charge in [0.05, 0.1) is 11.1 Å². The van der Waals surface area contributed by atoms with Crippen molar-refractivity contribution in [2.24, 2.45) is 0 Å². The highest BCUT2D eigenvalue weighted by atomic mass is 16.6. The van der Waals surface area contributed by atoms with Crippen molar-refractivity contribution in [3.63, 3.8) is 0 Å². The minimum atomic E-state index is -0.587. The van der Waals surface area contributed by atoms with Crippen molar-refractivity contribution < 1.29 is 9.72 Å². The zero-order valence-electron chi connectivity index (χ0n) is 11.7. The van der Waals surface area contributed by atoms with Gasteiger partial charge in [-0.15, -0.1) is 0 Å². The summed E-state index contributed by atoms with van der Waals surface area (Å²) in [6.45, 7) is 5.01. The van der Waals surface area contributed by atoms with E-state index in [1.165, 1.54) is 0 Å². The van der Waals surface area contributed by atoms with E-state index in [-0.39, 0.29) is 18.1 Å². The number of aromatic nitrogens is 1. The van der Waals surface area contributed by atoms with Crippen molar-refractivity contribution >= 4 is 11.6 Å². The minimum Gasteiger partial charge on any atom is -0.341 e. The van der Waals surface area contributed by atoms with Gasteiger partial charge in [0.25, 0.3) is 11.2 Å². The van der Waals surface area contributed by atoms with Gasteiger partial charge in [0, 0.05) is 25.2 Å². The second kappa shape index (κ2) is 7.42. The molecule has 0 bridgehead atoms. The number of hydrogen-bond acceptors (Lipinski definition) is 4. The Bertz CT molecular complexity index is 533. The van der Waals surface area contributed by atoms with Gasteiger partial charge in [-0.3, -0.25) is 24.3 Å². The third-order valence-corrected chi connectivity index (χ3v) is 2.82. The topological polar surface area (TPSA) is 85.4 Å². The van der Waals surface area contributed by atoms with Crippen molar-refractivity contribution in [1.29, 1.82) is 0 Å². The number of hydrogen-bond donors (Lipinski definition) is 0. The van der Waals surface area contributed by atoms with Crippen molar-refractivity contribution in [1.82, 2.24) is 9.47 Å². The van der Waals surface area contributed by atoms with Gasteiger partial charge >= 0.3 is 0 Å². The van der Waals surface area contributed by atoms with E-state index in [1.54, 1.807) is 4.90 Å². The maximum Gasteiger partial charge on any atom is 0.285 e. The van der Waals surface area contributed by atoms with Crippen LogP contribution >= 0.6 is 0 Å². The first-order valence-corrected chi connectivity index (χ1v) is 6.62. The Morgan fingerprint density at radius 2 is 1.90 bits per heavy atom. The summed E-state index contributed by atoms with van der Waals surface area (Å²) in [4.78, 5) is 35.5. The molecule has 1 aromatic heterocycles. The number of nitrogens with zero attached hydrogens (tertiary/aromatic N) is 3. The SMILES string of the molecule is CCCN(CCC)C(=O)Cn1cc([N+](=O)[O-])ccc1=O. The molecule has 0 aliphatic rings. The van der Waals surface area contributed by atoms with Crippen LogP contribution in [0.2, 0.25) is 0 Å². The second-order valence-electron chi connectivity index (χ2n) is 4.49. The normalized spacial score (nSPS) is 10.3. The van der Waals surface area contributed by atoms with E-state index in [0.29, 0.717) is 13.1 Å². The molecule has 1 amide bonds. The first kappa shape index (κ1) is 15.9. The van der Waals surface area contributed by atoms with Crippen LogP contribution in [0.5, 0.6) is 0 Å². The van der Waals surface area contributed by atoms with Gasteiger partial charge in [-0.25, -0.2) is 0 Å². The number of carbonyl (C=O) groups is 1. The summed E-state index contributed by atoms with van der Waals surface area (Å²) in [5, 5.41) is 10.7. The van der Waals surface area contributed by atoms with Crippen LogP contribution in [-0.2, 0) is 11.3 Å². The van der Waals surface area contributed by atoms with Gasteiger partial charge in [0.2, 0.25) is 5.91 Å². The first-order valence-electron chi connectivity index (χ1n) is 6.62. The lowest BCUT2D eigenvalue weighted by Crippen LogP contribution is -2.37. The van der Waals surface area contributed by atoms with Gasteiger partial charge < -0.3 is 4.90 Å². The summed E-state index contributed by atoms with van der Waals surface area (Å²) in [7, 11) is 0. The molecule has 0 spiro atoms. The molecule has 20 heavy (non-hydrogen) atoms. The summed E-state index contributed by atoms with van der Waals surface area (Å²) in [6, 6.07) is 2.24. The Hall–Kier alpha value is -2.18. The van der Waals surface area contributed by atoms with E-state index in [1.807, 2.05) is 13.8 Å². The van der Waals surface area contributed by atoms with Gasteiger partial charge in [0.15, 0.2) is 0 Å². The van der Waals surface area contributed by atoms with Gasteiger partial charge in [0.1, 0.15) is 6.54 Å². The molecule has 0 saturated heterocycles. The minimum absolute atomic E-state index is 0.166. The Balaban J connectivity index is 2.91. The third kappa shape index (κ3) is 4.18. The summed E-state index contributed by atoms with van der Waals surface area (Å²) < 4.78 is 1.08. The van der Waals surface area contributed by atoms with E-state index in [0.717, 1.165) is 35.7 Å². The van der Waals surface area contributed by atoms with Gasteiger partial charge in [-0.1, -0.05) is 13.8 Å². The molecule has 1 heterocycles. The van der Waals surface area contributed by atoms with Crippen LogP contribution in [0, 0.1) is 10.1 Å². The monoisotopic (exact) mass is 281 g/mol. The van der Waals surface area contributed by atoms with Gasteiger partial charge in [-0.2, -0.15) is 0 Å². The molecule has 0 aliphatic carbocycles. The van der Waals surface area contributed by atoms with Crippen LogP contribution in [0.1, 0.15) is 26.7 Å². The summed E-state index contributed by atoms with van der Waals surface area (Å²) in [5.74, 6) is -0.198. The number of nitro groups is 1. The lowest BCUT2D eigenvalue weighted by atomic mass is 10.3. The highest BCUT2D eigenvalue weighted by Crippen LogP contribution is 2.07. The van der Waals surface area contributed by atoms with Crippen molar-refractivity contribution in [3.05, 3.63) is 38.8 Å². The molecule has 7 nitrogen and oxygen atoms in total. The molecule has 1 rings (SSSR count). The fourth-order valence-electron chi connectivity index (χ4n) is 1.90. The zero-order chi connectivity index (χ0) is 15.1. The fraction of sp³-hybridized carbons (Fsp3) is 0.538. The third-order valence-electron chi connectivity index (χ3n) is 2.82. The summed E-state index contributed by atoms with van der Waals surface area (Å²) >= 11 is 0. The predicted molar refractivity (Wildman–Crippen MR) is 74.5 cm³/mol. The molecule has 0 radical (unpaired) electrons. The van der Waals surface area contributed by atoms with E-state index in [2.05, 4.69) is 0 Å². The fourth-order valence-corrected chi connectivity index (χ4v) is 1.90. The molecule has 0 aliphatic heterocycles. The van der Waals surface area contributed by atoms with Crippen LogP contribution < -0.4 is 5.56 Å². The maximum atomic E-state index is 12.1. The molecular formula is C13H19N3O4. The molecule has 1 aromatic rings. The number of amides is 1. The largest absolute Gasteiger partial charge is 0.341 e. The van der Waals surface area contributed by atoms with Crippen LogP contribution in [0.15, 0.2) is 23.1 Å². The maximum absolute atomic E-state index is 12.1. The molecule has 0 N–H and O–H groups in total. The molecule has 0 fully saturated rings. The quantitative estimate of drug-likeness (QED) is 0.558. The van der Waals surface area contributed by atoms with E-state index >= 15 is 0 Å². The highest BCUT2D eigenvalue weighted by molar-refractivity contribution is 5.76. The second-order valence-corrected chi connectivity index (χ2v) is 4.49. The van der Waals surface area contributed by atoms with Crippen LogP contribution in [0.3, 0.4) is 0 Å². The molecule has 0 aromatic carbocycles. The Labute approximate surface area is 117 Å². The van der Waals surface area contributed by atoms with E-state index in [4.69, 9.17) is 0 Å². The van der Waals surface area contributed by atoms with Gasteiger partial charge in [-0.05, 0) is 12.8 Å². The molecule has 7 heteroatoms.